The maximum Gasteiger partial charge on any atom is 0.0725 e. The highest BCUT2D eigenvalue weighted by atomic mass is 14.6. The molecule has 0 heteroatoms. The van der Waals surface area contributed by atoms with Crippen LogP contribution < -0.4 is 0 Å². The van der Waals surface area contributed by atoms with E-state index in [1.807, 2.05) is 0 Å². The fraction of sp³-hybridized carbons (Fsp3) is 0.0204. The molecular formula is C98H64. The molecule has 3 aliphatic carbocycles. The maximum absolute atomic E-state index is 2.54. The molecule has 0 saturated carbocycles. The summed E-state index contributed by atoms with van der Waals surface area (Å²) in [5.41, 5.74) is 37.9. The zero-order valence-corrected chi connectivity index (χ0v) is 54.0. The Hall–Kier alpha value is -12.5. The first-order valence-corrected chi connectivity index (χ1v) is 34.2. The summed E-state index contributed by atoms with van der Waals surface area (Å²) in [5.74, 6) is 0. The maximum atomic E-state index is 2.54. The highest BCUT2D eigenvalue weighted by Crippen LogP contribution is 2.68. The molecule has 1 spiro atoms. The molecule has 0 aliphatic heterocycles. The van der Waals surface area contributed by atoms with Gasteiger partial charge in [-0.05, 0) is 245 Å². The minimum atomic E-state index is -0.828. The number of rotatable bonds is 11. The third-order valence-corrected chi connectivity index (χ3v) is 21.3. The Morgan fingerprint density at radius 1 is 0.122 bits per heavy atom. The van der Waals surface area contributed by atoms with Crippen molar-refractivity contribution in [2.75, 3.05) is 0 Å². The lowest BCUT2D eigenvalue weighted by atomic mass is 9.66. The molecule has 0 nitrogen and oxygen atoms in total. The van der Waals surface area contributed by atoms with Gasteiger partial charge in [0.1, 0.15) is 0 Å². The van der Waals surface area contributed by atoms with Crippen LogP contribution in [0.1, 0.15) is 44.5 Å². The van der Waals surface area contributed by atoms with Crippen LogP contribution in [-0.4, -0.2) is 0 Å². The van der Waals surface area contributed by atoms with Gasteiger partial charge in [-0.25, -0.2) is 0 Å². The van der Waals surface area contributed by atoms with Crippen molar-refractivity contribution < 1.29 is 0 Å². The first kappa shape index (κ1) is 57.0. The molecule has 0 N–H and O–H groups in total. The number of hydrogen-bond donors (Lipinski definition) is 0. The summed E-state index contributed by atoms with van der Waals surface area (Å²) in [6.45, 7) is 0. The van der Waals surface area contributed by atoms with Gasteiger partial charge in [0.2, 0.25) is 0 Å². The number of fused-ring (bicyclic) bond motifs is 14. The zero-order valence-electron chi connectivity index (χ0n) is 54.0. The fourth-order valence-corrected chi connectivity index (χ4v) is 17.0. The minimum absolute atomic E-state index is 0.523. The van der Waals surface area contributed by atoms with Gasteiger partial charge >= 0.3 is 0 Å². The van der Waals surface area contributed by atoms with E-state index in [0.29, 0.717) is 0 Å². The first-order valence-electron chi connectivity index (χ1n) is 34.2. The molecule has 0 atom stereocenters. The molecule has 0 unspecified atom stereocenters. The van der Waals surface area contributed by atoms with Crippen molar-refractivity contribution in [2.24, 2.45) is 0 Å². The summed E-state index contributed by atoms with van der Waals surface area (Å²) in [6.07, 6.45) is 0. The van der Waals surface area contributed by atoms with Gasteiger partial charge in [0, 0.05) is 0 Å². The monoisotopic (exact) mass is 1240 g/mol. The Kier molecular flexibility index (Phi) is 13.5. The topological polar surface area (TPSA) is 0 Å². The van der Waals surface area contributed by atoms with Gasteiger partial charge in [-0.1, -0.05) is 322 Å². The predicted octanol–water partition coefficient (Wildman–Crippen LogP) is 25.4. The Morgan fingerprint density at radius 3 is 0.776 bits per heavy atom. The molecule has 3 aliphatic rings. The van der Waals surface area contributed by atoms with Crippen LogP contribution >= 0.6 is 0 Å². The molecule has 0 fully saturated rings. The van der Waals surface area contributed by atoms with E-state index in [1.54, 1.807) is 0 Å². The van der Waals surface area contributed by atoms with E-state index in [2.05, 4.69) is 388 Å². The molecule has 0 bridgehead atoms. The SMILES string of the molecule is c1ccc(-c2cc(-c3ccccc3)cc(-c3cccc(-c4cccc(C5(c6cccc(-c7cccc(-c8cc(-c9ccccc9)cc(-c9ccccc9)c8)c7)c6)c6cc(-c7ccccc7)ccc6-c6c5ccc5c6-c6ccccc6C56c5ccccc5-c5ccccc56)c4)c3)c2)cc1. The molecule has 16 aromatic rings. The molecule has 0 aromatic heterocycles. The molecule has 456 valence electrons. The third kappa shape index (κ3) is 9.06. The Labute approximate surface area is 573 Å². The van der Waals surface area contributed by atoms with Gasteiger partial charge in [-0.3, -0.25) is 0 Å². The Bertz CT molecular complexity index is 5410. The summed E-state index contributed by atoms with van der Waals surface area (Å²) >= 11 is 0. The minimum Gasteiger partial charge on any atom is -0.0622 e. The number of hydrogen-bond acceptors (Lipinski definition) is 0. The lowest BCUT2D eigenvalue weighted by Crippen LogP contribution is -2.29. The highest BCUT2D eigenvalue weighted by Gasteiger charge is 2.55. The standard InChI is InChI=1S/C98H64/c1-6-26-65(27-7-1)76-50-51-88-94(64-76)97(92-52-53-93-95(96(88)92)87-46-18-21-49-91(87)98(93)89-47-19-16-44-85(89)86-45-17-20-48-90(86)98,83-42-24-40-74(62-83)70-36-22-38-72(54-70)81-58-77(66-28-8-2-9-29-66)56-78(59-81)67-30-10-3-11-31-67)84-43-25-41-75(63-84)71-37-23-39-73(55-71)82-60-79(68-32-12-4-13-33-68)57-80(61-82)69-34-14-5-15-35-69/h1-64H. The van der Waals surface area contributed by atoms with Crippen molar-refractivity contribution in [3.63, 3.8) is 0 Å². The zero-order chi connectivity index (χ0) is 64.7. The van der Waals surface area contributed by atoms with Gasteiger partial charge in [-0.2, -0.15) is 0 Å². The second-order valence-electron chi connectivity index (χ2n) is 26.6. The van der Waals surface area contributed by atoms with Crippen LogP contribution in [-0.2, 0) is 10.8 Å². The molecule has 98 heavy (non-hydrogen) atoms. The van der Waals surface area contributed by atoms with Crippen molar-refractivity contribution >= 4 is 0 Å². The van der Waals surface area contributed by atoms with Crippen molar-refractivity contribution in [1.29, 1.82) is 0 Å². The second kappa shape index (κ2) is 23.2. The van der Waals surface area contributed by atoms with Gasteiger partial charge in [-0.15, -0.1) is 0 Å². The summed E-state index contributed by atoms with van der Waals surface area (Å²) < 4.78 is 0. The third-order valence-electron chi connectivity index (χ3n) is 21.3. The van der Waals surface area contributed by atoms with Crippen molar-refractivity contribution in [3.05, 3.63) is 433 Å². The molecule has 0 saturated heterocycles. The van der Waals surface area contributed by atoms with Crippen LogP contribution in [0, 0.1) is 0 Å². The Morgan fingerprint density at radius 2 is 0.378 bits per heavy atom. The van der Waals surface area contributed by atoms with E-state index in [-0.39, 0.29) is 0 Å². The van der Waals surface area contributed by atoms with E-state index in [4.69, 9.17) is 0 Å². The summed E-state index contributed by atoms with van der Waals surface area (Å²) in [4.78, 5) is 0. The molecule has 0 amide bonds. The van der Waals surface area contributed by atoms with Crippen LogP contribution in [0.4, 0.5) is 0 Å². The summed E-state index contributed by atoms with van der Waals surface area (Å²) in [5, 5.41) is 0. The molecule has 0 heterocycles. The normalized spacial score (nSPS) is 13.1. The van der Waals surface area contributed by atoms with E-state index >= 15 is 0 Å². The fourth-order valence-electron chi connectivity index (χ4n) is 17.0. The van der Waals surface area contributed by atoms with E-state index in [0.717, 1.165) is 33.4 Å². The lowest BCUT2D eigenvalue weighted by Gasteiger charge is -2.35. The molecule has 19 rings (SSSR count). The smallest absolute Gasteiger partial charge is 0.0622 e. The lowest BCUT2D eigenvalue weighted by molar-refractivity contribution is 0.765. The second-order valence-corrected chi connectivity index (χ2v) is 26.6. The van der Waals surface area contributed by atoms with Crippen LogP contribution in [0.2, 0.25) is 0 Å². The van der Waals surface area contributed by atoms with Crippen LogP contribution in [0.15, 0.2) is 388 Å². The largest absolute Gasteiger partial charge is 0.0725 e. The van der Waals surface area contributed by atoms with E-state index in [1.165, 1.54) is 145 Å². The highest BCUT2D eigenvalue weighted by molar-refractivity contribution is 6.05. The van der Waals surface area contributed by atoms with Gasteiger partial charge < -0.3 is 0 Å². The first-order chi connectivity index (χ1) is 48.6. The Balaban J connectivity index is 0.852. The van der Waals surface area contributed by atoms with Crippen molar-refractivity contribution in [1.82, 2.24) is 0 Å². The quantitative estimate of drug-likeness (QED) is 0.121. The van der Waals surface area contributed by atoms with Crippen LogP contribution in [0.3, 0.4) is 0 Å². The molecule has 16 aromatic carbocycles. The van der Waals surface area contributed by atoms with E-state index < -0.39 is 10.8 Å². The van der Waals surface area contributed by atoms with Gasteiger partial charge in [0.25, 0.3) is 0 Å². The molecule has 0 radical (unpaired) electrons. The van der Waals surface area contributed by atoms with Gasteiger partial charge in [0.05, 0.1) is 10.8 Å². The average molecular weight is 1240 g/mol. The average Bonchev–Trinajstić information content (AvgIpc) is 1.49. The van der Waals surface area contributed by atoms with Gasteiger partial charge in [0.15, 0.2) is 0 Å². The van der Waals surface area contributed by atoms with Crippen molar-refractivity contribution in [2.45, 2.75) is 10.8 Å². The summed E-state index contributed by atoms with van der Waals surface area (Å²) in [6, 6.07) is 146. The van der Waals surface area contributed by atoms with Crippen LogP contribution in [0.25, 0.3) is 134 Å². The number of benzene rings is 16. The van der Waals surface area contributed by atoms with E-state index in [9.17, 15) is 0 Å². The van der Waals surface area contributed by atoms with Crippen LogP contribution in [0.5, 0.6) is 0 Å². The van der Waals surface area contributed by atoms with Crippen molar-refractivity contribution in [3.8, 4) is 134 Å². The molecular weight excluding hydrogens is 1180 g/mol. The summed E-state index contributed by atoms with van der Waals surface area (Å²) in [7, 11) is 0. The predicted molar refractivity (Wildman–Crippen MR) is 409 cm³/mol.